The van der Waals surface area contributed by atoms with Gasteiger partial charge in [-0.2, -0.15) is 0 Å². The van der Waals surface area contributed by atoms with Crippen molar-refractivity contribution in [2.75, 3.05) is 14.2 Å². The molecule has 0 amide bonds. The summed E-state index contributed by atoms with van der Waals surface area (Å²) in [4.78, 5) is 5.98. The smallest absolute Gasteiger partial charge is 0.159 e. The molecule has 0 aromatic heterocycles. The van der Waals surface area contributed by atoms with E-state index in [9.17, 15) is 13.7 Å². The molecule has 4 rings (SSSR count). The molecule has 1 heterocycles. The van der Waals surface area contributed by atoms with Crippen molar-refractivity contribution in [3.8, 4) is 0 Å². The van der Waals surface area contributed by atoms with E-state index in [4.69, 9.17) is 4.74 Å². The lowest BCUT2D eigenvalue weighted by molar-refractivity contribution is 0.0489. The number of amidine groups is 1. The molecule has 2 N–H and O–H groups in total. The number of hydrogen-bond acceptors (Lipinski definition) is 4. The fraction of sp³-hybridized carbons (Fsp3) is 0.348. The van der Waals surface area contributed by atoms with Crippen LogP contribution in [0.15, 0.2) is 65.0 Å². The first-order chi connectivity index (χ1) is 14.9. The third kappa shape index (κ3) is 4.50. The highest BCUT2D eigenvalue weighted by atomic mass is 32.2. The van der Waals surface area contributed by atoms with Gasteiger partial charge in [0.15, 0.2) is 5.84 Å². The van der Waals surface area contributed by atoms with Gasteiger partial charge in [-0.25, -0.2) is 13.6 Å². The van der Waals surface area contributed by atoms with E-state index in [1.165, 1.54) is 18.1 Å². The second kappa shape index (κ2) is 8.80. The Morgan fingerprint density at radius 2 is 2.00 bits per heavy atom. The predicted octanol–water partition coefficient (Wildman–Crippen LogP) is 3.49. The molecule has 4 atom stereocenters. The number of aliphatic imine (C=N–C) groups is 1. The quantitative estimate of drug-likeness (QED) is 0.717. The van der Waals surface area contributed by atoms with Gasteiger partial charge in [-0.15, -0.1) is 0 Å². The van der Waals surface area contributed by atoms with Crippen molar-refractivity contribution in [1.29, 1.82) is 0 Å². The van der Waals surface area contributed by atoms with Crippen LogP contribution in [0, 0.1) is 12.7 Å². The molecule has 0 radical (unpaired) electrons. The Balaban J connectivity index is 1.63. The highest BCUT2D eigenvalue weighted by Crippen LogP contribution is 2.44. The van der Waals surface area contributed by atoms with Crippen LogP contribution in [-0.2, 0) is 15.7 Å². The van der Waals surface area contributed by atoms with Gasteiger partial charge >= 0.3 is 0 Å². The highest BCUT2D eigenvalue weighted by molar-refractivity contribution is 7.84. The normalized spacial score (nSPS) is 25.5. The molecule has 1 saturated carbocycles. The second-order valence-corrected chi connectivity index (χ2v) is 9.28. The van der Waals surface area contributed by atoms with Crippen LogP contribution in [0.25, 0.3) is 0 Å². The van der Waals surface area contributed by atoms with E-state index >= 15 is 0 Å². The lowest BCUT2D eigenvalue weighted by Gasteiger charge is -2.34. The minimum Gasteiger partial charge on any atom is -0.499 e. The van der Waals surface area contributed by atoms with Crippen LogP contribution in [-0.4, -0.2) is 45.7 Å². The van der Waals surface area contributed by atoms with Crippen molar-refractivity contribution in [2.24, 2.45) is 4.99 Å². The summed E-state index contributed by atoms with van der Waals surface area (Å²) >= 11 is 0. The van der Waals surface area contributed by atoms with Gasteiger partial charge in [0, 0.05) is 13.0 Å². The zero-order valence-corrected chi connectivity index (χ0v) is 18.5. The van der Waals surface area contributed by atoms with E-state index < -0.39 is 23.0 Å². The van der Waals surface area contributed by atoms with Gasteiger partial charge in [-0.05, 0) is 36.6 Å². The van der Waals surface area contributed by atoms with Crippen molar-refractivity contribution in [3.05, 3.63) is 76.9 Å². The molecule has 0 bridgehead atoms. The second-order valence-electron chi connectivity index (χ2n) is 7.88. The molecule has 2 aromatic carbocycles. The Morgan fingerprint density at radius 3 is 2.68 bits per heavy atom. The molecule has 8 heteroatoms. The van der Waals surface area contributed by atoms with Crippen LogP contribution in [0.5, 0.6) is 0 Å². The number of aryl methyl sites for hydroxylation is 1. The van der Waals surface area contributed by atoms with Crippen LogP contribution < -0.4 is 4.72 Å². The number of halogens is 1. The summed E-state index contributed by atoms with van der Waals surface area (Å²) in [6, 6.07) is 14.7. The summed E-state index contributed by atoms with van der Waals surface area (Å²) in [5.74, 6) is 0.473. The topological polar surface area (TPSA) is 74.2 Å². The summed E-state index contributed by atoms with van der Waals surface area (Å²) < 4.78 is 36.1. The molecule has 6 nitrogen and oxygen atoms in total. The van der Waals surface area contributed by atoms with E-state index in [-0.39, 0.29) is 29.1 Å². The summed E-state index contributed by atoms with van der Waals surface area (Å²) in [6.45, 7) is 1.80. The van der Waals surface area contributed by atoms with E-state index in [2.05, 4.69) is 9.71 Å². The molecular formula is C23H26FN3O3S. The predicted molar refractivity (Wildman–Crippen MR) is 120 cm³/mol. The van der Waals surface area contributed by atoms with Gasteiger partial charge in [0.25, 0.3) is 0 Å². The Morgan fingerprint density at radius 1 is 1.26 bits per heavy atom. The summed E-state index contributed by atoms with van der Waals surface area (Å²) in [7, 11) is 1.76. The minimum absolute atomic E-state index is 0.0393. The van der Waals surface area contributed by atoms with Gasteiger partial charge in [0.2, 0.25) is 0 Å². The SMILES string of the molecule is COC1=C(NS(=O)C2CC2c2ccccc2)C(=Nc2ccc(C)cc2F)N(C)C(O)C1. The molecule has 4 unspecified atom stereocenters. The fourth-order valence-electron chi connectivity index (χ4n) is 3.72. The zero-order valence-electron chi connectivity index (χ0n) is 17.7. The lowest BCUT2D eigenvalue weighted by atomic mass is 10.1. The Hall–Kier alpha value is -2.71. The maximum Gasteiger partial charge on any atom is 0.159 e. The Kier molecular flexibility index (Phi) is 6.11. The highest BCUT2D eigenvalue weighted by Gasteiger charge is 2.44. The first kappa shape index (κ1) is 21.5. The monoisotopic (exact) mass is 443 g/mol. The van der Waals surface area contributed by atoms with E-state index in [0.29, 0.717) is 11.5 Å². The van der Waals surface area contributed by atoms with Crippen LogP contribution >= 0.6 is 0 Å². The van der Waals surface area contributed by atoms with E-state index in [0.717, 1.165) is 17.5 Å². The number of benzene rings is 2. The number of rotatable bonds is 6. The Bertz CT molecular complexity index is 1060. The molecule has 1 fully saturated rings. The molecular weight excluding hydrogens is 417 g/mol. The summed E-state index contributed by atoms with van der Waals surface area (Å²) in [5.41, 5.74) is 2.49. The average molecular weight is 444 g/mol. The summed E-state index contributed by atoms with van der Waals surface area (Å²) in [6.07, 6.45) is 0.130. The van der Waals surface area contributed by atoms with Crippen molar-refractivity contribution >= 4 is 22.5 Å². The van der Waals surface area contributed by atoms with E-state index in [1.807, 2.05) is 30.3 Å². The van der Waals surface area contributed by atoms with Crippen molar-refractivity contribution in [1.82, 2.24) is 9.62 Å². The molecule has 31 heavy (non-hydrogen) atoms. The van der Waals surface area contributed by atoms with Crippen LogP contribution in [0.1, 0.15) is 29.9 Å². The average Bonchev–Trinajstić information content (AvgIpc) is 3.56. The van der Waals surface area contributed by atoms with Gasteiger partial charge < -0.3 is 14.7 Å². The fourth-order valence-corrected chi connectivity index (χ4v) is 5.12. The number of hydrogen-bond donors (Lipinski definition) is 2. The van der Waals surface area contributed by atoms with Crippen LogP contribution in [0.3, 0.4) is 0 Å². The number of aliphatic hydroxyl groups excluding tert-OH is 1. The number of methoxy groups -OCH3 is 1. The third-order valence-corrected chi connectivity index (χ3v) is 7.14. The zero-order chi connectivity index (χ0) is 22.1. The first-order valence-electron chi connectivity index (χ1n) is 10.1. The Labute approximate surface area is 184 Å². The first-order valence-corrected chi connectivity index (χ1v) is 11.4. The third-order valence-electron chi connectivity index (χ3n) is 5.66. The maximum absolute atomic E-state index is 14.5. The molecule has 0 spiro atoms. The molecule has 2 aliphatic rings. The van der Waals surface area contributed by atoms with Crippen LogP contribution in [0.2, 0.25) is 0 Å². The standard InChI is InChI=1S/C23H26FN3O3S/c1-14-9-10-18(17(24)11-14)25-23-22(19(30-3)13-21(28)27(23)2)26-31(29)20-12-16(20)15-7-5-4-6-8-15/h4-11,16,20-21,26,28H,12-13H2,1-3H3. The number of nitrogens with zero attached hydrogens (tertiary/aromatic N) is 2. The van der Waals surface area contributed by atoms with Gasteiger partial charge in [-0.1, -0.05) is 36.4 Å². The van der Waals surface area contributed by atoms with Crippen molar-refractivity contribution < 1.29 is 18.4 Å². The molecule has 0 saturated heterocycles. The van der Waals surface area contributed by atoms with Gasteiger partial charge in [0.05, 0.1) is 18.8 Å². The van der Waals surface area contributed by atoms with E-state index in [1.54, 1.807) is 26.1 Å². The van der Waals surface area contributed by atoms with Gasteiger partial charge in [0.1, 0.15) is 40.2 Å². The number of ether oxygens (including phenoxy) is 1. The summed E-state index contributed by atoms with van der Waals surface area (Å²) in [5, 5.41) is 10.4. The molecule has 1 aliphatic carbocycles. The number of nitrogens with one attached hydrogen (secondary N) is 1. The van der Waals surface area contributed by atoms with Crippen LogP contribution in [0.4, 0.5) is 10.1 Å². The lowest BCUT2D eigenvalue weighted by Crippen LogP contribution is -2.46. The number of aliphatic hydroxyl groups is 1. The largest absolute Gasteiger partial charge is 0.499 e. The molecule has 2 aromatic rings. The minimum atomic E-state index is -1.40. The number of likely N-dealkylation sites (N-methyl/N-ethyl adjacent to an activating group) is 1. The molecule has 1 aliphatic heterocycles. The van der Waals surface area contributed by atoms with Crippen molar-refractivity contribution in [2.45, 2.75) is 37.2 Å². The van der Waals surface area contributed by atoms with Gasteiger partial charge in [-0.3, -0.25) is 4.72 Å². The maximum atomic E-state index is 14.5. The molecule has 164 valence electrons. The van der Waals surface area contributed by atoms with Crippen molar-refractivity contribution in [3.63, 3.8) is 0 Å².